The Kier molecular flexibility index (Phi) is 4.53. The lowest BCUT2D eigenvalue weighted by Gasteiger charge is -2.17. The van der Waals surface area contributed by atoms with Gasteiger partial charge in [-0.05, 0) is 12.1 Å². The molecular weight excluding hydrogens is 234 g/mol. The molecule has 0 saturated carbocycles. The van der Waals surface area contributed by atoms with E-state index < -0.39 is 0 Å². The second-order valence-corrected chi connectivity index (χ2v) is 3.79. The molecule has 0 bridgehead atoms. The van der Waals surface area contributed by atoms with E-state index in [4.69, 9.17) is 10.5 Å². The molecule has 1 aromatic rings. The number of nitrogens with two attached hydrogens (primary N) is 1. The minimum atomic E-state index is -0.307. The predicted octanol–water partition coefficient (Wildman–Crippen LogP) is 0.0954. The maximum Gasteiger partial charge on any atom is 0.256 e. The molecule has 1 aromatic carbocycles. The molecule has 0 aliphatic heterocycles. The van der Waals surface area contributed by atoms with Gasteiger partial charge in [0, 0.05) is 25.8 Å². The first kappa shape index (κ1) is 13.8. The fourth-order valence-corrected chi connectivity index (χ4v) is 1.43. The molecule has 1 rings (SSSR count). The van der Waals surface area contributed by atoms with Crippen LogP contribution in [0.5, 0.6) is 5.75 Å². The Balaban J connectivity index is 2.86. The Morgan fingerprint density at radius 1 is 1.44 bits per heavy atom. The standard InChI is InChI=1S/C12H17N3O3/c1-14-11(16)7-15(2)12(17)9-5-4-8(18-3)6-10(9)13/h4-6H,7,13H2,1-3H3,(H,14,16). The molecule has 18 heavy (non-hydrogen) atoms. The molecule has 0 aromatic heterocycles. The lowest BCUT2D eigenvalue weighted by molar-refractivity contribution is -0.121. The Morgan fingerprint density at radius 3 is 2.61 bits per heavy atom. The van der Waals surface area contributed by atoms with Gasteiger partial charge in [-0.3, -0.25) is 9.59 Å². The van der Waals surface area contributed by atoms with Gasteiger partial charge >= 0.3 is 0 Å². The topological polar surface area (TPSA) is 84.7 Å². The van der Waals surface area contributed by atoms with Gasteiger partial charge in [-0.25, -0.2) is 0 Å². The van der Waals surface area contributed by atoms with E-state index in [1.54, 1.807) is 25.2 Å². The highest BCUT2D eigenvalue weighted by Gasteiger charge is 2.16. The Labute approximate surface area is 106 Å². The summed E-state index contributed by atoms with van der Waals surface area (Å²) in [6, 6.07) is 4.80. The molecule has 0 spiro atoms. The van der Waals surface area contributed by atoms with Gasteiger partial charge in [0.05, 0.1) is 19.2 Å². The zero-order chi connectivity index (χ0) is 13.7. The number of nitrogens with zero attached hydrogens (tertiary/aromatic N) is 1. The van der Waals surface area contributed by atoms with Crippen LogP contribution in [-0.2, 0) is 4.79 Å². The van der Waals surface area contributed by atoms with E-state index in [2.05, 4.69) is 5.32 Å². The summed E-state index contributed by atoms with van der Waals surface area (Å²) in [4.78, 5) is 24.5. The number of benzene rings is 1. The average molecular weight is 251 g/mol. The van der Waals surface area contributed by atoms with Crippen LogP contribution in [0.1, 0.15) is 10.4 Å². The number of amides is 2. The van der Waals surface area contributed by atoms with Gasteiger partial charge in [0.25, 0.3) is 5.91 Å². The SMILES string of the molecule is CNC(=O)CN(C)C(=O)c1ccc(OC)cc1N. The van der Waals surface area contributed by atoms with E-state index in [0.29, 0.717) is 17.0 Å². The van der Waals surface area contributed by atoms with E-state index in [1.165, 1.54) is 19.1 Å². The lowest BCUT2D eigenvalue weighted by atomic mass is 10.1. The van der Waals surface area contributed by atoms with E-state index in [-0.39, 0.29) is 18.4 Å². The quantitative estimate of drug-likeness (QED) is 0.743. The number of likely N-dealkylation sites (N-methyl/N-ethyl adjacent to an activating group) is 2. The largest absolute Gasteiger partial charge is 0.497 e. The zero-order valence-electron chi connectivity index (χ0n) is 10.7. The van der Waals surface area contributed by atoms with Crippen molar-refractivity contribution in [3.8, 4) is 5.75 Å². The van der Waals surface area contributed by atoms with Crippen LogP contribution in [-0.4, -0.2) is 44.5 Å². The molecule has 0 aliphatic carbocycles. The monoisotopic (exact) mass is 251 g/mol. The average Bonchev–Trinajstić information content (AvgIpc) is 2.37. The first-order chi connectivity index (χ1) is 8.49. The Morgan fingerprint density at radius 2 is 2.11 bits per heavy atom. The first-order valence-electron chi connectivity index (χ1n) is 5.39. The van der Waals surface area contributed by atoms with Crippen molar-refractivity contribution in [2.45, 2.75) is 0 Å². The highest BCUT2D eigenvalue weighted by Crippen LogP contribution is 2.20. The van der Waals surface area contributed by atoms with Crippen LogP contribution in [0, 0.1) is 0 Å². The third-order valence-electron chi connectivity index (χ3n) is 2.50. The second kappa shape index (κ2) is 5.90. The third-order valence-corrected chi connectivity index (χ3v) is 2.50. The Bertz CT molecular complexity index is 460. The van der Waals surface area contributed by atoms with Gasteiger partial charge in [0.1, 0.15) is 5.75 Å². The van der Waals surface area contributed by atoms with Crippen LogP contribution in [0.4, 0.5) is 5.69 Å². The van der Waals surface area contributed by atoms with Gasteiger partial charge < -0.3 is 20.7 Å². The van der Waals surface area contributed by atoms with Crippen molar-refractivity contribution in [3.63, 3.8) is 0 Å². The molecule has 0 unspecified atom stereocenters. The number of hydrogen-bond acceptors (Lipinski definition) is 4. The minimum Gasteiger partial charge on any atom is -0.497 e. The number of rotatable bonds is 4. The molecule has 0 atom stereocenters. The number of nitrogens with one attached hydrogen (secondary N) is 1. The Hall–Kier alpha value is -2.24. The fraction of sp³-hybridized carbons (Fsp3) is 0.333. The predicted molar refractivity (Wildman–Crippen MR) is 68.4 cm³/mol. The molecule has 3 N–H and O–H groups in total. The summed E-state index contributed by atoms with van der Waals surface area (Å²) in [6.45, 7) is -0.0131. The summed E-state index contributed by atoms with van der Waals surface area (Å²) < 4.78 is 5.00. The van der Waals surface area contributed by atoms with Crippen LogP contribution < -0.4 is 15.8 Å². The maximum absolute atomic E-state index is 12.0. The normalized spacial score (nSPS) is 9.72. The van der Waals surface area contributed by atoms with E-state index >= 15 is 0 Å². The summed E-state index contributed by atoms with van der Waals surface area (Å²) in [5.74, 6) is 0.0368. The summed E-state index contributed by atoms with van der Waals surface area (Å²) in [7, 11) is 4.58. The van der Waals surface area contributed by atoms with Crippen LogP contribution >= 0.6 is 0 Å². The van der Waals surface area contributed by atoms with Crippen molar-refractivity contribution in [2.75, 3.05) is 33.5 Å². The first-order valence-corrected chi connectivity index (χ1v) is 5.39. The molecule has 0 radical (unpaired) electrons. The van der Waals surface area contributed by atoms with Crippen molar-refractivity contribution < 1.29 is 14.3 Å². The van der Waals surface area contributed by atoms with E-state index in [0.717, 1.165) is 0 Å². The van der Waals surface area contributed by atoms with Crippen LogP contribution in [0.15, 0.2) is 18.2 Å². The fourth-order valence-electron chi connectivity index (χ4n) is 1.43. The summed E-state index contributed by atoms with van der Waals surface area (Å²) in [5, 5.41) is 2.45. The van der Waals surface area contributed by atoms with Gasteiger partial charge in [-0.15, -0.1) is 0 Å². The van der Waals surface area contributed by atoms with Crippen molar-refractivity contribution >= 4 is 17.5 Å². The highest BCUT2D eigenvalue weighted by molar-refractivity contribution is 6.00. The molecule has 98 valence electrons. The number of methoxy groups -OCH3 is 1. The molecule has 0 aliphatic rings. The van der Waals surface area contributed by atoms with Gasteiger partial charge in [-0.1, -0.05) is 0 Å². The van der Waals surface area contributed by atoms with Crippen molar-refractivity contribution in [1.82, 2.24) is 10.2 Å². The number of nitrogen functional groups attached to an aromatic ring is 1. The second-order valence-electron chi connectivity index (χ2n) is 3.79. The molecular formula is C12H17N3O3. The van der Waals surface area contributed by atoms with Crippen molar-refractivity contribution in [3.05, 3.63) is 23.8 Å². The maximum atomic E-state index is 12.0. The van der Waals surface area contributed by atoms with Crippen molar-refractivity contribution in [1.29, 1.82) is 0 Å². The molecule has 2 amide bonds. The summed E-state index contributed by atoms with van der Waals surface area (Å²) >= 11 is 0. The number of carbonyl (C=O) groups excluding carboxylic acids is 2. The highest BCUT2D eigenvalue weighted by atomic mass is 16.5. The van der Waals surface area contributed by atoms with Crippen molar-refractivity contribution in [2.24, 2.45) is 0 Å². The van der Waals surface area contributed by atoms with Crippen LogP contribution in [0.2, 0.25) is 0 Å². The van der Waals surface area contributed by atoms with Crippen LogP contribution in [0.3, 0.4) is 0 Å². The molecule has 6 heteroatoms. The molecule has 6 nitrogen and oxygen atoms in total. The zero-order valence-corrected chi connectivity index (χ0v) is 10.7. The number of anilines is 1. The van der Waals surface area contributed by atoms with Gasteiger partial charge in [-0.2, -0.15) is 0 Å². The summed E-state index contributed by atoms with van der Waals surface area (Å²) in [5.41, 5.74) is 6.44. The van der Waals surface area contributed by atoms with E-state index in [9.17, 15) is 9.59 Å². The third kappa shape index (κ3) is 3.13. The van der Waals surface area contributed by atoms with Gasteiger partial charge in [0.2, 0.25) is 5.91 Å². The molecule has 0 heterocycles. The smallest absolute Gasteiger partial charge is 0.256 e. The van der Waals surface area contributed by atoms with Crippen LogP contribution in [0.25, 0.3) is 0 Å². The minimum absolute atomic E-state index is 0.0131. The summed E-state index contributed by atoms with van der Waals surface area (Å²) in [6.07, 6.45) is 0. The number of hydrogen-bond donors (Lipinski definition) is 2. The van der Waals surface area contributed by atoms with E-state index in [1.807, 2.05) is 0 Å². The molecule has 0 fully saturated rings. The lowest BCUT2D eigenvalue weighted by Crippen LogP contribution is -2.37. The number of carbonyl (C=O) groups is 2. The van der Waals surface area contributed by atoms with Gasteiger partial charge in [0.15, 0.2) is 0 Å². The number of ether oxygens (including phenoxy) is 1. The molecule has 0 saturated heterocycles.